The van der Waals surface area contributed by atoms with E-state index in [1.54, 1.807) is 0 Å². The van der Waals surface area contributed by atoms with Gasteiger partial charge in [0, 0.05) is 30.4 Å². The van der Waals surface area contributed by atoms with Crippen molar-refractivity contribution in [1.82, 2.24) is 5.32 Å². The molecule has 0 spiro atoms. The van der Waals surface area contributed by atoms with Crippen LogP contribution in [0.25, 0.3) is 0 Å². The van der Waals surface area contributed by atoms with Crippen molar-refractivity contribution in [2.75, 3.05) is 25.2 Å². The van der Waals surface area contributed by atoms with Crippen LogP contribution in [0.15, 0.2) is 0 Å². The van der Waals surface area contributed by atoms with Crippen molar-refractivity contribution in [2.45, 2.75) is 26.8 Å². The Labute approximate surface area is 80.1 Å². The smallest absolute Gasteiger partial charge is 0.0494 e. The van der Waals surface area contributed by atoms with Crippen LogP contribution in [0.5, 0.6) is 0 Å². The van der Waals surface area contributed by atoms with E-state index in [-0.39, 0.29) is 12.0 Å². The number of hydrogen-bond acceptors (Lipinski definition) is 3. The molecule has 0 amide bonds. The van der Waals surface area contributed by atoms with Gasteiger partial charge in [-0.2, -0.15) is 11.8 Å². The zero-order chi connectivity index (χ0) is 9.61. The lowest BCUT2D eigenvalue weighted by molar-refractivity contribution is 0.155. The van der Waals surface area contributed by atoms with Gasteiger partial charge in [0.15, 0.2) is 0 Å². The summed E-state index contributed by atoms with van der Waals surface area (Å²) in [6.45, 7) is 7.42. The van der Waals surface area contributed by atoms with Crippen molar-refractivity contribution < 1.29 is 5.11 Å². The molecule has 0 aromatic heterocycles. The summed E-state index contributed by atoms with van der Waals surface area (Å²) in [6.07, 6.45) is 2.11. The van der Waals surface area contributed by atoms with E-state index in [0.717, 1.165) is 12.3 Å². The van der Waals surface area contributed by atoms with Crippen molar-refractivity contribution in [3.63, 3.8) is 0 Å². The molecule has 74 valence electrons. The summed E-state index contributed by atoms with van der Waals surface area (Å²) in [6, 6.07) is 0.533. The molecule has 0 fully saturated rings. The normalized spacial score (nSPS) is 14.8. The first-order valence-corrected chi connectivity index (χ1v) is 5.74. The highest BCUT2D eigenvalue weighted by Gasteiger charge is 2.16. The minimum absolute atomic E-state index is 0.00662. The third-order valence-electron chi connectivity index (χ3n) is 1.77. The van der Waals surface area contributed by atoms with Crippen LogP contribution in [-0.4, -0.2) is 36.3 Å². The number of nitrogens with one attached hydrogen (secondary N) is 1. The second-order valence-corrected chi connectivity index (χ2v) is 4.97. The van der Waals surface area contributed by atoms with Gasteiger partial charge in [-0.3, -0.25) is 0 Å². The molecule has 0 aromatic carbocycles. The summed E-state index contributed by atoms with van der Waals surface area (Å²) in [7, 11) is 0. The van der Waals surface area contributed by atoms with Crippen molar-refractivity contribution in [3.8, 4) is 0 Å². The Bertz CT molecular complexity index is 117. The Morgan fingerprint density at radius 1 is 1.50 bits per heavy atom. The van der Waals surface area contributed by atoms with Gasteiger partial charge in [0.25, 0.3) is 0 Å². The molecule has 0 radical (unpaired) electrons. The average Bonchev–Trinajstić information content (AvgIpc) is 2.02. The summed E-state index contributed by atoms with van der Waals surface area (Å²) < 4.78 is 0. The van der Waals surface area contributed by atoms with Crippen molar-refractivity contribution >= 4 is 11.8 Å². The number of hydrogen-bond donors (Lipinski definition) is 2. The molecule has 2 N–H and O–H groups in total. The van der Waals surface area contributed by atoms with Crippen molar-refractivity contribution in [3.05, 3.63) is 0 Å². The van der Waals surface area contributed by atoms with Crippen LogP contribution in [0.4, 0.5) is 0 Å². The maximum Gasteiger partial charge on any atom is 0.0494 e. The predicted octanol–water partition coefficient (Wildman–Crippen LogP) is 1.35. The fourth-order valence-electron chi connectivity index (χ4n) is 0.815. The van der Waals surface area contributed by atoms with Crippen LogP contribution >= 0.6 is 11.8 Å². The lowest BCUT2D eigenvalue weighted by atomic mass is 9.95. The average molecular weight is 191 g/mol. The molecule has 0 aliphatic heterocycles. The van der Waals surface area contributed by atoms with Crippen LogP contribution in [0.1, 0.15) is 20.8 Å². The second-order valence-electron chi connectivity index (χ2n) is 4.06. The van der Waals surface area contributed by atoms with Crippen LogP contribution in [0.3, 0.4) is 0 Å². The Morgan fingerprint density at radius 3 is 2.50 bits per heavy atom. The summed E-state index contributed by atoms with van der Waals surface area (Å²) in [4.78, 5) is 0. The zero-order valence-electron chi connectivity index (χ0n) is 8.55. The van der Waals surface area contributed by atoms with Gasteiger partial charge < -0.3 is 10.4 Å². The molecular formula is C9H21NOS. The molecule has 0 bridgehead atoms. The number of aliphatic hydroxyl groups excluding tert-OH is 1. The van der Waals surface area contributed by atoms with Gasteiger partial charge in [0.1, 0.15) is 0 Å². The van der Waals surface area contributed by atoms with Gasteiger partial charge in [-0.1, -0.05) is 13.8 Å². The summed E-state index contributed by atoms with van der Waals surface area (Å²) in [5.74, 6) is 1.13. The van der Waals surface area contributed by atoms with Gasteiger partial charge >= 0.3 is 0 Å². The molecule has 0 aliphatic carbocycles. The van der Waals surface area contributed by atoms with E-state index in [1.165, 1.54) is 0 Å². The molecule has 0 aromatic rings. The van der Waals surface area contributed by atoms with Gasteiger partial charge in [-0.25, -0.2) is 0 Å². The number of thioether (sulfide) groups is 1. The zero-order valence-corrected chi connectivity index (χ0v) is 9.37. The summed E-state index contributed by atoms with van der Waals surface area (Å²) in [5, 5.41) is 12.4. The first kappa shape index (κ1) is 12.3. The Kier molecular flexibility index (Phi) is 5.97. The van der Waals surface area contributed by atoms with Crippen molar-refractivity contribution in [1.29, 1.82) is 0 Å². The fraction of sp³-hybridized carbons (Fsp3) is 1.00. The van der Waals surface area contributed by atoms with Crippen LogP contribution in [0, 0.1) is 5.41 Å². The molecule has 0 aliphatic rings. The second kappa shape index (κ2) is 5.84. The van der Waals surface area contributed by atoms with E-state index < -0.39 is 0 Å². The molecule has 0 saturated heterocycles. The number of rotatable bonds is 6. The third kappa shape index (κ3) is 5.86. The molecular weight excluding hydrogens is 170 g/mol. The molecule has 0 heterocycles. The van der Waals surface area contributed by atoms with Crippen LogP contribution < -0.4 is 5.32 Å². The monoisotopic (exact) mass is 191 g/mol. The molecule has 12 heavy (non-hydrogen) atoms. The largest absolute Gasteiger partial charge is 0.396 e. The highest BCUT2D eigenvalue weighted by atomic mass is 32.2. The van der Waals surface area contributed by atoms with Crippen LogP contribution in [0.2, 0.25) is 0 Å². The Morgan fingerprint density at radius 2 is 2.08 bits per heavy atom. The highest BCUT2D eigenvalue weighted by molar-refractivity contribution is 7.98. The quantitative estimate of drug-likeness (QED) is 0.664. The van der Waals surface area contributed by atoms with E-state index in [0.29, 0.717) is 6.04 Å². The Hall–Kier alpha value is 0.270. The molecule has 0 saturated carbocycles. The Balaban J connectivity index is 3.52. The van der Waals surface area contributed by atoms with E-state index in [2.05, 4.69) is 32.3 Å². The van der Waals surface area contributed by atoms with E-state index in [4.69, 9.17) is 5.11 Å². The van der Waals surface area contributed by atoms with E-state index in [1.807, 2.05) is 11.8 Å². The first-order chi connectivity index (χ1) is 5.52. The minimum atomic E-state index is 0.00662. The first-order valence-electron chi connectivity index (χ1n) is 4.35. The highest BCUT2D eigenvalue weighted by Crippen LogP contribution is 2.11. The third-order valence-corrected chi connectivity index (χ3v) is 2.61. The van der Waals surface area contributed by atoms with Gasteiger partial charge in [-0.05, 0) is 13.2 Å². The standard InChI is InChI=1S/C9H21NOS/c1-8(5-12-4)10-6-9(2,3)7-11/h8,10-11H,5-7H2,1-4H3. The molecule has 1 atom stereocenters. The SMILES string of the molecule is CSCC(C)NCC(C)(C)CO. The van der Waals surface area contributed by atoms with Gasteiger partial charge in [-0.15, -0.1) is 0 Å². The molecule has 2 nitrogen and oxygen atoms in total. The summed E-state index contributed by atoms with van der Waals surface area (Å²) >= 11 is 1.84. The minimum Gasteiger partial charge on any atom is -0.396 e. The van der Waals surface area contributed by atoms with E-state index in [9.17, 15) is 0 Å². The lowest BCUT2D eigenvalue weighted by Gasteiger charge is -2.24. The van der Waals surface area contributed by atoms with Crippen molar-refractivity contribution in [2.24, 2.45) is 5.41 Å². The number of aliphatic hydroxyl groups is 1. The maximum atomic E-state index is 8.99. The maximum absolute atomic E-state index is 8.99. The lowest BCUT2D eigenvalue weighted by Crippen LogP contribution is -2.38. The topological polar surface area (TPSA) is 32.3 Å². The molecule has 3 heteroatoms. The van der Waals surface area contributed by atoms with Gasteiger partial charge in [0.05, 0.1) is 0 Å². The molecule has 0 rings (SSSR count). The summed E-state index contributed by atoms with van der Waals surface area (Å²) in [5.41, 5.74) is 0.00662. The predicted molar refractivity (Wildman–Crippen MR) is 56.7 cm³/mol. The van der Waals surface area contributed by atoms with E-state index >= 15 is 0 Å². The van der Waals surface area contributed by atoms with Crippen LogP contribution in [-0.2, 0) is 0 Å². The molecule has 1 unspecified atom stereocenters. The fourth-order valence-corrected chi connectivity index (χ4v) is 1.43. The van der Waals surface area contributed by atoms with Gasteiger partial charge in [0.2, 0.25) is 0 Å².